The lowest BCUT2D eigenvalue weighted by Gasteiger charge is -2.33. The van der Waals surface area contributed by atoms with Crippen LogP contribution in [0.3, 0.4) is 0 Å². The van der Waals surface area contributed by atoms with Gasteiger partial charge in [-0.25, -0.2) is 17.9 Å². The number of hydrogen-bond acceptors (Lipinski definition) is 6. The second-order valence-corrected chi connectivity index (χ2v) is 8.75. The first kappa shape index (κ1) is 18.1. The van der Waals surface area contributed by atoms with E-state index in [0.717, 1.165) is 16.9 Å². The molecule has 1 aromatic carbocycles. The van der Waals surface area contributed by atoms with Crippen LogP contribution in [-0.4, -0.2) is 38.7 Å². The molecule has 1 aromatic heterocycles. The zero-order chi connectivity index (χ0) is 18.1. The SMILES string of the molecule is COC(=O)c1sccc1S(=O)(=O)NC[C@@]1(O)CCc2ccccc2C1. The summed E-state index contributed by atoms with van der Waals surface area (Å²) in [5.74, 6) is -0.694. The van der Waals surface area contributed by atoms with E-state index in [9.17, 15) is 18.3 Å². The van der Waals surface area contributed by atoms with E-state index in [1.54, 1.807) is 0 Å². The van der Waals surface area contributed by atoms with Crippen LogP contribution >= 0.6 is 11.3 Å². The van der Waals surface area contributed by atoms with E-state index >= 15 is 0 Å². The van der Waals surface area contributed by atoms with E-state index in [2.05, 4.69) is 9.46 Å². The highest BCUT2D eigenvalue weighted by atomic mass is 32.2. The summed E-state index contributed by atoms with van der Waals surface area (Å²) in [6, 6.07) is 9.19. The number of methoxy groups -OCH3 is 1. The van der Waals surface area contributed by atoms with E-state index in [-0.39, 0.29) is 16.3 Å². The minimum Gasteiger partial charge on any atom is -0.465 e. The molecule has 0 spiro atoms. The number of hydrogen-bond donors (Lipinski definition) is 2. The van der Waals surface area contributed by atoms with E-state index in [1.807, 2.05) is 24.3 Å². The smallest absolute Gasteiger partial charge is 0.349 e. The van der Waals surface area contributed by atoms with E-state index in [0.29, 0.717) is 19.3 Å². The van der Waals surface area contributed by atoms with Crippen molar-refractivity contribution in [2.24, 2.45) is 0 Å². The second-order valence-electron chi connectivity index (χ2n) is 6.10. The lowest BCUT2D eigenvalue weighted by molar-refractivity contribution is 0.0317. The summed E-state index contributed by atoms with van der Waals surface area (Å²) in [5, 5.41) is 12.3. The molecule has 3 rings (SSSR count). The number of sulfonamides is 1. The average molecular weight is 381 g/mol. The zero-order valence-corrected chi connectivity index (χ0v) is 15.3. The van der Waals surface area contributed by atoms with Gasteiger partial charge in [0.2, 0.25) is 10.0 Å². The lowest BCUT2D eigenvalue weighted by Crippen LogP contribution is -2.46. The van der Waals surface area contributed by atoms with Crippen molar-refractivity contribution in [3.8, 4) is 0 Å². The van der Waals surface area contributed by atoms with Crippen LogP contribution in [0.5, 0.6) is 0 Å². The van der Waals surface area contributed by atoms with Crippen molar-refractivity contribution in [3.05, 3.63) is 51.7 Å². The standard InChI is InChI=1S/C17H19NO5S2/c1-23-16(19)15-14(7-9-24-15)25(21,22)18-11-17(20)8-6-12-4-2-3-5-13(12)10-17/h2-5,7,9,18,20H,6,8,10-11H2,1H3/t17-/m1/s1. The molecule has 1 heterocycles. The number of fused-ring (bicyclic) bond motifs is 1. The molecule has 0 radical (unpaired) electrons. The first-order valence-electron chi connectivity index (χ1n) is 7.79. The first-order chi connectivity index (χ1) is 11.8. The van der Waals surface area contributed by atoms with E-state index in [4.69, 9.17) is 0 Å². The van der Waals surface area contributed by atoms with Crippen molar-refractivity contribution in [1.82, 2.24) is 4.72 Å². The lowest BCUT2D eigenvalue weighted by atomic mass is 9.80. The third-order valence-corrected chi connectivity index (χ3v) is 6.85. The van der Waals surface area contributed by atoms with Gasteiger partial charge in [-0.15, -0.1) is 11.3 Å². The normalized spacial score (nSPS) is 20.1. The molecule has 0 saturated carbocycles. The second kappa shape index (κ2) is 6.87. The average Bonchev–Trinajstić information content (AvgIpc) is 3.10. The van der Waals surface area contributed by atoms with Crippen molar-refractivity contribution in [2.75, 3.05) is 13.7 Å². The van der Waals surface area contributed by atoms with Gasteiger partial charge < -0.3 is 9.84 Å². The molecule has 134 valence electrons. The van der Waals surface area contributed by atoms with Crippen LogP contribution in [0.25, 0.3) is 0 Å². The molecule has 0 aliphatic heterocycles. The molecule has 0 amide bonds. The maximum Gasteiger partial charge on any atom is 0.349 e. The van der Waals surface area contributed by atoms with Gasteiger partial charge in [0, 0.05) is 13.0 Å². The van der Waals surface area contributed by atoms with Gasteiger partial charge in [-0.05, 0) is 35.4 Å². The summed E-state index contributed by atoms with van der Waals surface area (Å²) in [6.07, 6.45) is 1.56. The number of aliphatic hydroxyl groups is 1. The van der Waals surface area contributed by atoms with Gasteiger partial charge in [-0.2, -0.15) is 0 Å². The Bertz CT molecular complexity index is 890. The molecular formula is C17H19NO5S2. The Hall–Kier alpha value is -1.74. The van der Waals surface area contributed by atoms with Gasteiger partial charge in [0.1, 0.15) is 9.77 Å². The number of thiophene rings is 1. The van der Waals surface area contributed by atoms with Gasteiger partial charge >= 0.3 is 5.97 Å². The van der Waals surface area contributed by atoms with Crippen LogP contribution in [0.2, 0.25) is 0 Å². The van der Waals surface area contributed by atoms with Crippen LogP contribution < -0.4 is 4.72 Å². The predicted octanol–water partition coefficient (Wildman–Crippen LogP) is 1.73. The Kier molecular flexibility index (Phi) is 4.97. The number of ether oxygens (including phenoxy) is 1. The van der Waals surface area contributed by atoms with Gasteiger partial charge in [-0.3, -0.25) is 0 Å². The van der Waals surface area contributed by atoms with E-state index in [1.165, 1.54) is 24.1 Å². The van der Waals surface area contributed by atoms with Crippen LogP contribution in [0.1, 0.15) is 27.2 Å². The zero-order valence-electron chi connectivity index (χ0n) is 13.7. The maximum atomic E-state index is 12.5. The quantitative estimate of drug-likeness (QED) is 0.770. The highest BCUT2D eigenvalue weighted by Gasteiger charge is 2.34. The first-order valence-corrected chi connectivity index (χ1v) is 10.2. The van der Waals surface area contributed by atoms with Gasteiger partial charge in [0.15, 0.2) is 0 Å². The van der Waals surface area contributed by atoms with Crippen molar-refractivity contribution in [3.63, 3.8) is 0 Å². The van der Waals surface area contributed by atoms with Crippen molar-refractivity contribution >= 4 is 27.3 Å². The van der Waals surface area contributed by atoms with Crippen molar-refractivity contribution in [2.45, 2.75) is 29.8 Å². The molecular weight excluding hydrogens is 362 g/mol. The molecule has 2 aromatic rings. The van der Waals surface area contributed by atoms with Crippen LogP contribution in [0.4, 0.5) is 0 Å². The Morgan fingerprint density at radius 1 is 1.32 bits per heavy atom. The highest BCUT2D eigenvalue weighted by Crippen LogP contribution is 2.29. The summed E-state index contributed by atoms with van der Waals surface area (Å²) in [6.45, 7) is -0.111. The molecule has 2 N–H and O–H groups in total. The molecule has 0 saturated heterocycles. The number of carbonyl (C=O) groups excluding carboxylic acids is 1. The minimum atomic E-state index is -3.92. The summed E-state index contributed by atoms with van der Waals surface area (Å²) < 4.78 is 32.1. The summed E-state index contributed by atoms with van der Waals surface area (Å²) in [4.78, 5) is 11.6. The minimum absolute atomic E-state index is 0.0241. The fourth-order valence-electron chi connectivity index (χ4n) is 2.99. The molecule has 6 nitrogen and oxygen atoms in total. The summed E-state index contributed by atoms with van der Waals surface area (Å²) in [7, 11) is -2.72. The maximum absolute atomic E-state index is 12.5. The van der Waals surface area contributed by atoms with Crippen molar-refractivity contribution in [1.29, 1.82) is 0 Å². The molecule has 1 atom stereocenters. The molecule has 8 heteroatoms. The monoisotopic (exact) mass is 381 g/mol. The van der Waals surface area contributed by atoms with Crippen LogP contribution in [-0.2, 0) is 27.6 Å². The van der Waals surface area contributed by atoms with Gasteiger partial charge in [-0.1, -0.05) is 24.3 Å². The Labute approximate surface area is 150 Å². The summed E-state index contributed by atoms with van der Waals surface area (Å²) >= 11 is 1.00. The van der Waals surface area contributed by atoms with Crippen LogP contribution in [0, 0.1) is 0 Å². The topological polar surface area (TPSA) is 92.7 Å². The molecule has 1 aliphatic rings. The molecule has 0 fully saturated rings. The molecule has 0 bridgehead atoms. The third kappa shape index (κ3) is 3.77. The molecule has 25 heavy (non-hydrogen) atoms. The van der Waals surface area contributed by atoms with Crippen molar-refractivity contribution < 1.29 is 23.1 Å². The number of esters is 1. The number of nitrogens with one attached hydrogen (secondary N) is 1. The van der Waals surface area contributed by atoms with Gasteiger partial charge in [0.25, 0.3) is 0 Å². The fourth-order valence-corrected chi connectivity index (χ4v) is 5.45. The molecule has 1 aliphatic carbocycles. The number of benzene rings is 1. The Balaban J connectivity index is 1.75. The third-order valence-electron chi connectivity index (χ3n) is 4.38. The number of aryl methyl sites for hydroxylation is 1. The Morgan fingerprint density at radius 3 is 2.76 bits per heavy atom. The number of rotatable bonds is 5. The van der Waals surface area contributed by atoms with Gasteiger partial charge in [0.05, 0.1) is 12.7 Å². The predicted molar refractivity (Wildman–Crippen MR) is 94.3 cm³/mol. The van der Waals surface area contributed by atoms with Crippen LogP contribution in [0.15, 0.2) is 40.6 Å². The number of carbonyl (C=O) groups is 1. The molecule has 0 unspecified atom stereocenters. The Morgan fingerprint density at radius 2 is 2.04 bits per heavy atom. The summed E-state index contributed by atoms with van der Waals surface area (Å²) in [5.41, 5.74) is 1.06. The fraction of sp³-hybridized carbons (Fsp3) is 0.353. The highest BCUT2D eigenvalue weighted by molar-refractivity contribution is 7.89. The largest absolute Gasteiger partial charge is 0.465 e. The van der Waals surface area contributed by atoms with E-state index < -0.39 is 21.6 Å².